The topological polar surface area (TPSA) is 39.2 Å². The third-order valence-corrected chi connectivity index (χ3v) is 4.10. The number of ether oxygens (including phenoxy) is 1. The van der Waals surface area contributed by atoms with Crippen LogP contribution in [0.25, 0.3) is 0 Å². The van der Waals surface area contributed by atoms with E-state index in [1.807, 2.05) is 19.1 Å². The van der Waals surface area contributed by atoms with Crippen LogP contribution in [-0.2, 0) is 6.42 Å². The zero-order valence-electron chi connectivity index (χ0n) is 14.5. The minimum Gasteiger partial charge on any atom is -0.491 e. The number of rotatable bonds is 11. The number of carbonyl (C=O) groups excluding carboxylic acids is 1. The molecule has 0 radical (unpaired) electrons. The van der Waals surface area contributed by atoms with Gasteiger partial charge in [-0.15, -0.1) is 0 Å². The van der Waals surface area contributed by atoms with Gasteiger partial charge in [0.25, 0.3) is 0 Å². The van der Waals surface area contributed by atoms with E-state index in [0.717, 1.165) is 18.4 Å². The van der Waals surface area contributed by atoms with Crippen molar-refractivity contribution in [2.75, 3.05) is 6.61 Å². The average molecular weight is 325 g/mol. The molecule has 1 aromatic carbocycles. The largest absolute Gasteiger partial charge is 0.491 e. The molecule has 0 amide bonds. The number of aryl methyl sites for hydroxylation is 2. The average Bonchev–Trinajstić information content (AvgIpc) is 2.62. The summed E-state index contributed by atoms with van der Waals surface area (Å²) in [6.45, 7) is 2.52. The summed E-state index contributed by atoms with van der Waals surface area (Å²) in [6, 6.07) is 14.4. The van der Waals surface area contributed by atoms with Crippen molar-refractivity contribution in [2.24, 2.45) is 0 Å². The van der Waals surface area contributed by atoms with Crippen molar-refractivity contribution in [2.45, 2.75) is 51.9 Å². The normalized spacial score (nSPS) is 10.5. The monoisotopic (exact) mass is 325 g/mol. The van der Waals surface area contributed by atoms with Gasteiger partial charge in [0.15, 0.2) is 6.29 Å². The Morgan fingerprint density at radius 3 is 2.38 bits per heavy atom. The van der Waals surface area contributed by atoms with Crippen LogP contribution in [0, 0.1) is 6.92 Å². The molecule has 0 aliphatic rings. The lowest BCUT2D eigenvalue weighted by molar-refractivity contribution is 0.111. The Bertz CT molecular complexity index is 610. The molecule has 0 saturated heterocycles. The molecule has 2 rings (SSSR count). The van der Waals surface area contributed by atoms with E-state index in [-0.39, 0.29) is 0 Å². The summed E-state index contributed by atoms with van der Waals surface area (Å²) >= 11 is 0. The van der Waals surface area contributed by atoms with Crippen molar-refractivity contribution >= 4 is 6.29 Å². The third kappa shape index (κ3) is 6.53. The van der Waals surface area contributed by atoms with Crippen LogP contribution in [0.3, 0.4) is 0 Å². The predicted molar refractivity (Wildman–Crippen MR) is 97.7 cm³/mol. The lowest BCUT2D eigenvalue weighted by Gasteiger charge is -2.08. The summed E-state index contributed by atoms with van der Waals surface area (Å²) in [5.74, 6) is 0.596. The summed E-state index contributed by atoms with van der Waals surface area (Å²) in [6.07, 6.45) is 9.19. The maximum atomic E-state index is 11.0. The Morgan fingerprint density at radius 2 is 1.62 bits per heavy atom. The fourth-order valence-electron chi connectivity index (χ4n) is 2.74. The van der Waals surface area contributed by atoms with Crippen LogP contribution in [0.1, 0.15) is 60.3 Å². The zero-order chi connectivity index (χ0) is 17.0. The molecule has 128 valence electrons. The number of carbonyl (C=O) groups is 1. The summed E-state index contributed by atoms with van der Waals surface area (Å²) in [7, 11) is 0. The summed E-state index contributed by atoms with van der Waals surface area (Å²) < 4.78 is 5.67. The Balaban J connectivity index is 1.50. The lowest BCUT2D eigenvalue weighted by Crippen LogP contribution is -2.02. The molecule has 0 fully saturated rings. The van der Waals surface area contributed by atoms with Crippen LogP contribution >= 0.6 is 0 Å². The van der Waals surface area contributed by atoms with E-state index >= 15 is 0 Å². The molecule has 3 nitrogen and oxygen atoms in total. The molecule has 0 aliphatic heterocycles. The maximum absolute atomic E-state index is 11.0. The van der Waals surface area contributed by atoms with E-state index in [1.165, 1.54) is 44.1 Å². The first-order valence-electron chi connectivity index (χ1n) is 8.89. The summed E-state index contributed by atoms with van der Waals surface area (Å²) in [5, 5.41) is 0. The second-order valence-electron chi connectivity index (χ2n) is 6.16. The molecule has 3 heteroatoms. The molecule has 0 spiro atoms. The van der Waals surface area contributed by atoms with Crippen molar-refractivity contribution in [1.29, 1.82) is 0 Å². The number of aldehydes is 1. The Kier molecular flexibility index (Phi) is 8.02. The first kappa shape index (κ1) is 18.2. The van der Waals surface area contributed by atoms with Crippen molar-refractivity contribution in [3.63, 3.8) is 0 Å². The maximum Gasteiger partial charge on any atom is 0.172 e. The van der Waals surface area contributed by atoms with Crippen LogP contribution < -0.4 is 4.74 Å². The van der Waals surface area contributed by atoms with Gasteiger partial charge in [-0.2, -0.15) is 0 Å². The highest BCUT2D eigenvalue weighted by molar-refractivity contribution is 5.76. The van der Waals surface area contributed by atoms with Gasteiger partial charge in [-0.3, -0.25) is 4.79 Å². The van der Waals surface area contributed by atoms with Gasteiger partial charge >= 0.3 is 0 Å². The highest BCUT2D eigenvalue weighted by Gasteiger charge is 2.04. The zero-order valence-corrected chi connectivity index (χ0v) is 14.5. The number of hydrogen-bond donors (Lipinski definition) is 0. The van der Waals surface area contributed by atoms with Gasteiger partial charge in [0.2, 0.25) is 0 Å². The Morgan fingerprint density at radius 1 is 0.917 bits per heavy atom. The predicted octanol–water partition coefficient (Wildman–Crippen LogP) is 5.16. The van der Waals surface area contributed by atoms with Crippen molar-refractivity contribution in [3.8, 4) is 5.75 Å². The van der Waals surface area contributed by atoms with E-state index in [4.69, 9.17) is 4.74 Å². The fraction of sp³-hybridized carbons (Fsp3) is 0.429. The molecule has 0 unspecified atom stereocenters. The molecule has 1 heterocycles. The molecule has 0 bridgehead atoms. The number of aromatic nitrogens is 1. The molecular weight excluding hydrogens is 298 g/mol. The third-order valence-electron chi connectivity index (χ3n) is 4.10. The van der Waals surface area contributed by atoms with E-state index in [1.54, 1.807) is 0 Å². The smallest absolute Gasteiger partial charge is 0.172 e. The quantitative estimate of drug-likeness (QED) is 0.423. The van der Waals surface area contributed by atoms with Crippen LogP contribution in [0.2, 0.25) is 0 Å². The van der Waals surface area contributed by atoms with Crippen LogP contribution in [-0.4, -0.2) is 17.9 Å². The minimum atomic E-state index is 0.399. The van der Waals surface area contributed by atoms with Gasteiger partial charge in [-0.1, -0.05) is 56.0 Å². The van der Waals surface area contributed by atoms with Crippen molar-refractivity contribution < 1.29 is 9.53 Å². The van der Waals surface area contributed by atoms with Crippen molar-refractivity contribution in [1.82, 2.24) is 4.98 Å². The SMILES string of the molecule is Cc1ccc(OCCCCCCCCc2ccccc2)c(C=O)n1. The highest BCUT2D eigenvalue weighted by Crippen LogP contribution is 2.16. The first-order valence-corrected chi connectivity index (χ1v) is 8.89. The van der Waals surface area contributed by atoms with Crippen LogP contribution in [0.4, 0.5) is 0 Å². The number of unbranched alkanes of at least 4 members (excludes halogenated alkanes) is 5. The number of nitrogens with zero attached hydrogens (tertiary/aromatic N) is 1. The molecule has 2 aromatic rings. The highest BCUT2D eigenvalue weighted by atomic mass is 16.5. The minimum absolute atomic E-state index is 0.399. The number of benzene rings is 1. The molecule has 0 atom stereocenters. The van der Waals surface area contributed by atoms with Crippen molar-refractivity contribution in [3.05, 3.63) is 59.4 Å². The van der Waals surface area contributed by atoms with E-state index in [2.05, 4.69) is 35.3 Å². The second-order valence-corrected chi connectivity index (χ2v) is 6.16. The molecule has 0 saturated carbocycles. The molecule has 0 aliphatic carbocycles. The summed E-state index contributed by atoms with van der Waals surface area (Å²) in [4.78, 5) is 15.1. The summed E-state index contributed by atoms with van der Waals surface area (Å²) in [5.41, 5.74) is 2.67. The fourth-order valence-corrected chi connectivity index (χ4v) is 2.74. The van der Waals surface area contributed by atoms with Gasteiger partial charge in [0.1, 0.15) is 11.4 Å². The molecule has 24 heavy (non-hydrogen) atoms. The van der Waals surface area contributed by atoms with Gasteiger partial charge < -0.3 is 4.74 Å². The van der Waals surface area contributed by atoms with E-state index < -0.39 is 0 Å². The van der Waals surface area contributed by atoms with Gasteiger partial charge in [0, 0.05) is 5.69 Å². The Hall–Kier alpha value is -2.16. The lowest BCUT2D eigenvalue weighted by atomic mass is 10.1. The van der Waals surface area contributed by atoms with Crippen LogP contribution in [0.15, 0.2) is 42.5 Å². The second kappa shape index (κ2) is 10.6. The number of hydrogen-bond acceptors (Lipinski definition) is 3. The van der Waals surface area contributed by atoms with Gasteiger partial charge in [-0.25, -0.2) is 4.98 Å². The molecule has 1 aromatic heterocycles. The first-order chi connectivity index (χ1) is 11.8. The van der Waals surface area contributed by atoms with Gasteiger partial charge in [0.05, 0.1) is 6.61 Å². The standard InChI is InChI=1S/C21H27NO2/c1-18-14-15-21(20(17-23)22-18)24-16-10-5-3-2-4-7-11-19-12-8-6-9-13-19/h6,8-9,12-15,17H,2-5,7,10-11,16H2,1H3. The molecular formula is C21H27NO2. The van der Waals surface area contributed by atoms with E-state index in [0.29, 0.717) is 18.1 Å². The number of pyridine rings is 1. The van der Waals surface area contributed by atoms with E-state index in [9.17, 15) is 4.79 Å². The van der Waals surface area contributed by atoms with Crippen LogP contribution in [0.5, 0.6) is 5.75 Å². The molecule has 0 N–H and O–H groups in total. The Labute approximate surface area is 145 Å². The van der Waals surface area contributed by atoms with Gasteiger partial charge in [-0.05, 0) is 43.9 Å².